The van der Waals surface area contributed by atoms with Gasteiger partial charge in [0.25, 0.3) is 0 Å². The SMILES string of the molecule is CSCC(C)NS(=O)(=O)c1ccc(CN)c(Cl)c1. The van der Waals surface area contributed by atoms with Gasteiger partial charge < -0.3 is 5.73 Å². The quantitative estimate of drug-likeness (QED) is 0.841. The van der Waals surface area contributed by atoms with E-state index in [1.54, 1.807) is 17.8 Å². The topological polar surface area (TPSA) is 72.2 Å². The number of nitrogens with two attached hydrogens (primary N) is 1. The molecule has 0 heterocycles. The van der Waals surface area contributed by atoms with Crippen molar-refractivity contribution in [1.29, 1.82) is 0 Å². The molecule has 0 fully saturated rings. The average Bonchev–Trinajstić information content (AvgIpc) is 2.28. The van der Waals surface area contributed by atoms with E-state index in [0.29, 0.717) is 10.8 Å². The predicted octanol–water partition coefficient (Wildman–Crippen LogP) is 1.83. The highest BCUT2D eigenvalue weighted by atomic mass is 35.5. The third-order valence-electron chi connectivity index (χ3n) is 2.33. The fraction of sp³-hybridized carbons (Fsp3) is 0.455. The minimum Gasteiger partial charge on any atom is -0.326 e. The van der Waals surface area contributed by atoms with Crippen molar-refractivity contribution in [2.75, 3.05) is 12.0 Å². The molecular weight excluding hydrogens is 292 g/mol. The maximum Gasteiger partial charge on any atom is 0.240 e. The first-order valence-corrected chi connectivity index (χ1v) is 8.66. The first-order chi connectivity index (χ1) is 8.40. The Kier molecular flexibility index (Phi) is 5.94. The summed E-state index contributed by atoms with van der Waals surface area (Å²) in [6.45, 7) is 2.11. The smallest absolute Gasteiger partial charge is 0.240 e. The van der Waals surface area contributed by atoms with Crippen LogP contribution in [0.1, 0.15) is 12.5 Å². The summed E-state index contributed by atoms with van der Waals surface area (Å²) in [7, 11) is -3.52. The number of hydrogen-bond acceptors (Lipinski definition) is 4. The lowest BCUT2D eigenvalue weighted by molar-refractivity contribution is 0.571. The van der Waals surface area contributed by atoms with E-state index in [-0.39, 0.29) is 17.5 Å². The van der Waals surface area contributed by atoms with E-state index in [0.717, 1.165) is 5.56 Å². The summed E-state index contributed by atoms with van der Waals surface area (Å²) in [5.74, 6) is 0.716. The molecule has 0 bridgehead atoms. The van der Waals surface area contributed by atoms with Gasteiger partial charge >= 0.3 is 0 Å². The van der Waals surface area contributed by atoms with Crippen LogP contribution in [0.3, 0.4) is 0 Å². The molecule has 1 atom stereocenters. The highest BCUT2D eigenvalue weighted by Gasteiger charge is 2.18. The Labute approximate surface area is 117 Å². The largest absolute Gasteiger partial charge is 0.326 e. The number of halogens is 1. The van der Waals surface area contributed by atoms with Crippen LogP contribution in [0.25, 0.3) is 0 Å². The van der Waals surface area contributed by atoms with Gasteiger partial charge in [-0.05, 0) is 30.9 Å². The molecule has 1 unspecified atom stereocenters. The molecule has 1 aromatic carbocycles. The van der Waals surface area contributed by atoms with Crippen LogP contribution in [0.15, 0.2) is 23.1 Å². The summed E-state index contributed by atoms with van der Waals surface area (Å²) >= 11 is 7.54. The third-order valence-corrected chi connectivity index (χ3v) is 5.10. The second-order valence-electron chi connectivity index (χ2n) is 3.94. The molecule has 0 amide bonds. The summed E-state index contributed by atoms with van der Waals surface area (Å²) in [6, 6.07) is 4.45. The second kappa shape index (κ2) is 6.77. The molecule has 102 valence electrons. The van der Waals surface area contributed by atoms with E-state index >= 15 is 0 Å². The van der Waals surface area contributed by atoms with Crippen LogP contribution in [0.4, 0.5) is 0 Å². The van der Waals surface area contributed by atoms with Crippen LogP contribution in [-0.2, 0) is 16.6 Å². The standard InChI is InChI=1S/C11H17ClN2O2S2/c1-8(7-17-2)14-18(15,16)10-4-3-9(6-13)11(12)5-10/h3-5,8,14H,6-7,13H2,1-2H3. The number of sulfonamides is 1. The molecule has 0 spiro atoms. The Morgan fingerprint density at radius 1 is 1.50 bits per heavy atom. The molecule has 4 nitrogen and oxygen atoms in total. The minimum atomic E-state index is -3.52. The maximum absolute atomic E-state index is 12.1. The Hall–Kier alpha value is -0.270. The summed E-state index contributed by atoms with van der Waals surface area (Å²) in [5, 5.41) is 0.373. The zero-order chi connectivity index (χ0) is 13.8. The van der Waals surface area contributed by atoms with Gasteiger partial charge in [0.2, 0.25) is 10.0 Å². The molecule has 0 saturated heterocycles. The molecule has 0 saturated carbocycles. The number of nitrogens with one attached hydrogen (secondary N) is 1. The normalized spacial score (nSPS) is 13.6. The van der Waals surface area contributed by atoms with Crippen LogP contribution >= 0.6 is 23.4 Å². The lowest BCUT2D eigenvalue weighted by atomic mass is 10.2. The van der Waals surface area contributed by atoms with Gasteiger partial charge in [-0.25, -0.2) is 13.1 Å². The van der Waals surface area contributed by atoms with Crippen molar-refractivity contribution >= 4 is 33.4 Å². The van der Waals surface area contributed by atoms with Crippen LogP contribution in [0, 0.1) is 0 Å². The van der Waals surface area contributed by atoms with Crippen molar-refractivity contribution < 1.29 is 8.42 Å². The highest BCUT2D eigenvalue weighted by Crippen LogP contribution is 2.20. The predicted molar refractivity (Wildman–Crippen MR) is 77.5 cm³/mol. The van der Waals surface area contributed by atoms with Gasteiger partial charge in [-0.1, -0.05) is 17.7 Å². The van der Waals surface area contributed by atoms with Crippen molar-refractivity contribution in [1.82, 2.24) is 4.72 Å². The minimum absolute atomic E-state index is 0.127. The van der Waals surface area contributed by atoms with E-state index in [9.17, 15) is 8.42 Å². The second-order valence-corrected chi connectivity index (χ2v) is 6.97. The number of hydrogen-bond donors (Lipinski definition) is 2. The zero-order valence-electron chi connectivity index (χ0n) is 10.3. The van der Waals surface area contributed by atoms with E-state index in [1.165, 1.54) is 12.1 Å². The van der Waals surface area contributed by atoms with E-state index < -0.39 is 10.0 Å². The molecule has 1 aromatic rings. The molecule has 0 radical (unpaired) electrons. The lowest BCUT2D eigenvalue weighted by Gasteiger charge is -2.13. The summed E-state index contributed by atoms with van der Waals surface area (Å²) in [6.07, 6.45) is 1.93. The fourth-order valence-electron chi connectivity index (χ4n) is 1.48. The summed E-state index contributed by atoms with van der Waals surface area (Å²) in [5.41, 5.74) is 6.21. The van der Waals surface area contributed by atoms with Gasteiger partial charge in [0, 0.05) is 23.4 Å². The van der Waals surface area contributed by atoms with E-state index in [4.69, 9.17) is 17.3 Å². The molecule has 18 heavy (non-hydrogen) atoms. The van der Waals surface area contributed by atoms with Crippen LogP contribution in [-0.4, -0.2) is 26.5 Å². The van der Waals surface area contributed by atoms with Gasteiger partial charge in [0.05, 0.1) is 4.90 Å². The first kappa shape index (κ1) is 15.8. The molecular formula is C11H17ClN2O2S2. The molecule has 0 aliphatic carbocycles. The van der Waals surface area contributed by atoms with E-state index in [2.05, 4.69) is 4.72 Å². The monoisotopic (exact) mass is 308 g/mol. The Bertz CT molecular complexity index is 506. The van der Waals surface area contributed by atoms with Crippen LogP contribution < -0.4 is 10.5 Å². The van der Waals surface area contributed by atoms with Crippen molar-refractivity contribution in [2.24, 2.45) is 5.73 Å². The van der Waals surface area contributed by atoms with Gasteiger partial charge in [-0.15, -0.1) is 0 Å². The fourth-order valence-corrected chi connectivity index (χ4v) is 3.76. The van der Waals surface area contributed by atoms with Gasteiger partial charge in [0.1, 0.15) is 0 Å². The maximum atomic E-state index is 12.1. The molecule has 0 aromatic heterocycles. The third kappa shape index (κ3) is 4.13. The number of rotatable bonds is 6. The van der Waals surface area contributed by atoms with E-state index in [1.807, 2.05) is 13.2 Å². The first-order valence-electron chi connectivity index (χ1n) is 5.40. The van der Waals surface area contributed by atoms with Crippen LogP contribution in [0.5, 0.6) is 0 Å². The number of thioether (sulfide) groups is 1. The average molecular weight is 309 g/mol. The van der Waals surface area contributed by atoms with Crippen molar-refractivity contribution in [3.05, 3.63) is 28.8 Å². The molecule has 3 N–H and O–H groups in total. The highest BCUT2D eigenvalue weighted by molar-refractivity contribution is 7.98. The van der Waals surface area contributed by atoms with Gasteiger partial charge in [0.15, 0.2) is 0 Å². The molecule has 1 rings (SSSR count). The Balaban J connectivity index is 2.95. The van der Waals surface area contributed by atoms with Gasteiger partial charge in [-0.3, -0.25) is 0 Å². The van der Waals surface area contributed by atoms with Gasteiger partial charge in [-0.2, -0.15) is 11.8 Å². The zero-order valence-corrected chi connectivity index (χ0v) is 12.7. The summed E-state index contributed by atoms with van der Waals surface area (Å²) < 4.78 is 26.7. The van der Waals surface area contributed by atoms with Crippen molar-refractivity contribution in [3.63, 3.8) is 0 Å². The van der Waals surface area contributed by atoms with Crippen molar-refractivity contribution in [3.8, 4) is 0 Å². The lowest BCUT2D eigenvalue weighted by Crippen LogP contribution is -2.34. The molecule has 0 aliphatic rings. The molecule has 7 heteroatoms. The van der Waals surface area contributed by atoms with Crippen molar-refractivity contribution in [2.45, 2.75) is 24.4 Å². The molecule has 0 aliphatic heterocycles. The number of benzene rings is 1. The van der Waals surface area contributed by atoms with Crippen LogP contribution in [0.2, 0.25) is 5.02 Å². The Morgan fingerprint density at radius 2 is 2.17 bits per heavy atom. The summed E-state index contributed by atoms with van der Waals surface area (Å²) in [4.78, 5) is 0.164. The Morgan fingerprint density at radius 3 is 2.67 bits per heavy atom.